The van der Waals surface area contributed by atoms with E-state index < -0.39 is 0 Å². The number of likely N-dealkylation sites (tertiary alicyclic amines) is 1. The maximum absolute atomic E-state index is 13.1. The molecule has 0 atom stereocenters. The van der Waals surface area contributed by atoms with Gasteiger partial charge in [0.15, 0.2) is 0 Å². The number of hydrogen-bond donors (Lipinski definition) is 1. The molecule has 1 aromatic rings. The van der Waals surface area contributed by atoms with E-state index in [1.807, 2.05) is 0 Å². The summed E-state index contributed by atoms with van der Waals surface area (Å²) in [5, 5.41) is 3.11. The van der Waals surface area contributed by atoms with Crippen LogP contribution in [0.5, 0.6) is 0 Å². The van der Waals surface area contributed by atoms with Crippen LogP contribution in [-0.4, -0.2) is 36.0 Å². The Balaban J connectivity index is 1.43. The van der Waals surface area contributed by atoms with E-state index in [0.29, 0.717) is 0 Å². The van der Waals surface area contributed by atoms with E-state index in [1.165, 1.54) is 37.8 Å². The zero-order chi connectivity index (χ0) is 15.4. The molecule has 4 heteroatoms. The van der Waals surface area contributed by atoms with Crippen LogP contribution < -0.4 is 5.32 Å². The van der Waals surface area contributed by atoms with Crippen LogP contribution in [0.25, 0.3) is 0 Å². The van der Waals surface area contributed by atoms with Gasteiger partial charge in [-0.25, -0.2) is 4.39 Å². The molecule has 3 nitrogen and oxygen atoms in total. The highest BCUT2D eigenvalue weighted by atomic mass is 19.1. The molecule has 0 radical (unpaired) electrons. The molecule has 1 aromatic carbocycles. The second kappa shape index (κ2) is 7.23. The van der Waals surface area contributed by atoms with Gasteiger partial charge in [-0.3, -0.25) is 4.79 Å². The summed E-state index contributed by atoms with van der Waals surface area (Å²) in [4.78, 5) is 14.7. The molecule has 2 fully saturated rings. The van der Waals surface area contributed by atoms with Crippen LogP contribution in [0.4, 0.5) is 4.39 Å². The number of halogens is 1. The molecule has 22 heavy (non-hydrogen) atoms. The first-order valence-electron chi connectivity index (χ1n) is 8.48. The topological polar surface area (TPSA) is 32.3 Å². The van der Waals surface area contributed by atoms with Crippen molar-refractivity contribution in [3.8, 4) is 0 Å². The average Bonchev–Trinajstić information content (AvgIpc) is 3.02. The summed E-state index contributed by atoms with van der Waals surface area (Å²) in [7, 11) is 0. The lowest BCUT2D eigenvalue weighted by Crippen LogP contribution is -2.47. The number of nitrogens with zero attached hydrogens (tertiary/aromatic N) is 1. The quantitative estimate of drug-likeness (QED) is 0.927. The van der Waals surface area contributed by atoms with Gasteiger partial charge >= 0.3 is 0 Å². The van der Waals surface area contributed by atoms with Crippen LogP contribution in [0, 0.1) is 5.82 Å². The summed E-state index contributed by atoms with van der Waals surface area (Å²) >= 11 is 0. The minimum absolute atomic E-state index is 0.00455. The monoisotopic (exact) mass is 304 g/mol. The van der Waals surface area contributed by atoms with Gasteiger partial charge in [0.2, 0.25) is 5.91 Å². The Hall–Kier alpha value is -1.42. The Kier molecular flexibility index (Phi) is 5.08. The van der Waals surface area contributed by atoms with Gasteiger partial charge in [-0.15, -0.1) is 0 Å². The van der Waals surface area contributed by atoms with Crippen molar-refractivity contribution in [3.05, 3.63) is 35.6 Å². The molecule has 0 aromatic heterocycles. The fourth-order valence-corrected chi connectivity index (χ4v) is 3.79. The Morgan fingerprint density at radius 2 is 1.91 bits per heavy atom. The average molecular weight is 304 g/mol. The van der Waals surface area contributed by atoms with E-state index in [0.717, 1.165) is 37.5 Å². The number of amides is 1. The van der Waals surface area contributed by atoms with Gasteiger partial charge in [0.1, 0.15) is 5.82 Å². The first-order valence-corrected chi connectivity index (χ1v) is 8.48. The van der Waals surface area contributed by atoms with Crippen molar-refractivity contribution in [2.24, 2.45) is 0 Å². The second-order valence-electron chi connectivity index (χ2n) is 6.62. The number of hydrogen-bond acceptors (Lipinski definition) is 2. The standard InChI is InChI=1S/C18H25FN2O/c19-15-5-3-4-14(12-15)13-18(22)20-16-8-10-21(11-9-16)17-6-1-2-7-17/h3-5,12,16-17H,1-2,6-11,13H2,(H,20,22). The van der Waals surface area contributed by atoms with Crippen molar-refractivity contribution >= 4 is 5.91 Å². The fourth-order valence-electron chi connectivity index (χ4n) is 3.79. The van der Waals surface area contributed by atoms with Crippen molar-refractivity contribution in [3.63, 3.8) is 0 Å². The van der Waals surface area contributed by atoms with Gasteiger partial charge in [-0.2, -0.15) is 0 Å². The van der Waals surface area contributed by atoms with E-state index in [-0.39, 0.29) is 24.2 Å². The largest absolute Gasteiger partial charge is 0.353 e. The normalized spacial score (nSPS) is 21.1. The van der Waals surface area contributed by atoms with E-state index in [1.54, 1.807) is 12.1 Å². The van der Waals surface area contributed by atoms with Crippen LogP contribution >= 0.6 is 0 Å². The smallest absolute Gasteiger partial charge is 0.224 e. The van der Waals surface area contributed by atoms with Gasteiger partial charge in [0.05, 0.1) is 6.42 Å². The van der Waals surface area contributed by atoms with Gasteiger partial charge in [0, 0.05) is 25.2 Å². The molecule has 0 unspecified atom stereocenters. The van der Waals surface area contributed by atoms with E-state index in [9.17, 15) is 9.18 Å². The van der Waals surface area contributed by atoms with E-state index >= 15 is 0 Å². The van der Waals surface area contributed by atoms with Gasteiger partial charge in [-0.05, 0) is 43.4 Å². The summed E-state index contributed by atoms with van der Waals surface area (Å²) < 4.78 is 13.1. The zero-order valence-corrected chi connectivity index (χ0v) is 13.1. The molecule has 3 rings (SSSR count). The highest BCUT2D eigenvalue weighted by molar-refractivity contribution is 5.78. The summed E-state index contributed by atoms with van der Waals surface area (Å²) in [5.41, 5.74) is 0.737. The number of rotatable bonds is 4. The predicted molar refractivity (Wildman–Crippen MR) is 85.1 cm³/mol. The third-order valence-corrected chi connectivity index (χ3v) is 4.99. The first-order chi connectivity index (χ1) is 10.7. The van der Waals surface area contributed by atoms with E-state index in [2.05, 4.69) is 10.2 Å². The van der Waals surface area contributed by atoms with Crippen molar-refractivity contribution in [2.75, 3.05) is 13.1 Å². The highest BCUT2D eigenvalue weighted by Gasteiger charge is 2.27. The van der Waals surface area contributed by atoms with Crippen LogP contribution in [0.2, 0.25) is 0 Å². The van der Waals surface area contributed by atoms with Gasteiger partial charge < -0.3 is 10.2 Å². The van der Waals surface area contributed by atoms with Crippen LogP contribution in [0.15, 0.2) is 24.3 Å². The van der Waals surface area contributed by atoms with Gasteiger partial charge in [0.25, 0.3) is 0 Å². The number of benzene rings is 1. The zero-order valence-electron chi connectivity index (χ0n) is 13.1. The highest BCUT2D eigenvalue weighted by Crippen LogP contribution is 2.26. The maximum atomic E-state index is 13.1. The number of nitrogens with one attached hydrogen (secondary N) is 1. The summed E-state index contributed by atoms with van der Waals surface area (Å²) in [6.45, 7) is 2.19. The first kappa shape index (κ1) is 15.5. The third kappa shape index (κ3) is 4.07. The molecular formula is C18H25FN2O. The molecule has 2 aliphatic rings. The molecule has 120 valence electrons. The lowest BCUT2D eigenvalue weighted by molar-refractivity contribution is -0.121. The van der Waals surface area contributed by atoms with Crippen LogP contribution in [0.1, 0.15) is 44.1 Å². The van der Waals surface area contributed by atoms with Crippen molar-refractivity contribution in [1.82, 2.24) is 10.2 Å². The molecule has 1 saturated carbocycles. The molecule has 1 N–H and O–H groups in total. The maximum Gasteiger partial charge on any atom is 0.224 e. The number of carbonyl (C=O) groups excluding carboxylic acids is 1. The molecular weight excluding hydrogens is 279 g/mol. The molecule has 1 aliphatic heterocycles. The van der Waals surface area contributed by atoms with Crippen molar-refractivity contribution in [1.29, 1.82) is 0 Å². The van der Waals surface area contributed by atoms with Gasteiger partial charge in [-0.1, -0.05) is 25.0 Å². The van der Waals surface area contributed by atoms with Crippen LogP contribution in [-0.2, 0) is 11.2 Å². The third-order valence-electron chi connectivity index (χ3n) is 4.99. The number of carbonyl (C=O) groups is 1. The predicted octanol–water partition coefficient (Wildman–Crippen LogP) is 2.89. The minimum Gasteiger partial charge on any atom is -0.353 e. The Morgan fingerprint density at radius 1 is 1.18 bits per heavy atom. The Bertz CT molecular complexity index is 506. The van der Waals surface area contributed by atoms with E-state index in [4.69, 9.17) is 0 Å². The summed E-state index contributed by atoms with van der Waals surface area (Å²) in [6.07, 6.45) is 7.76. The molecule has 0 bridgehead atoms. The fraction of sp³-hybridized carbons (Fsp3) is 0.611. The Morgan fingerprint density at radius 3 is 2.59 bits per heavy atom. The van der Waals surface area contributed by atoms with Crippen molar-refractivity contribution < 1.29 is 9.18 Å². The lowest BCUT2D eigenvalue weighted by atomic mass is 10.0. The molecule has 1 heterocycles. The molecule has 0 spiro atoms. The van der Waals surface area contributed by atoms with Crippen LogP contribution in [0.3, 0.4) is 0 Å². The Labute approximate surface area is 131 Å². The lowest BCUT2D eigenvalue weighted by Gasteiger charge is -2.36. The summed E-state index contributed by atoms with van der Waals surface area (Å²) in [5.74, 6) is -0.278. The van der Waals surface area contributed by atoms with Crippen molar-refractivity contribution in [2.45, 2.75) is 57.0 Å². The molecule has 1 aliphatic carbocycles. The molecule has 1 saturated heterocycles. The summed E-state index contributed by atoms with van der Waals surface area (Å²) in [6, 6.07) is 7.34. The number of piperidine rings is 1. The second-order valence-corrected chi connectivity index (χ2v) is 6.62. The molecule has 1 amide bonds. The minimum atomic E-state index is -0.282. The SMILES string of the molecule is O=C(Cc1cccc(F)c1)NC1CCN(C2CCCC2)CC1.